The number of aliphatic hydroxyl groups excluding tert-OH is 2. The van der Waals surface area contributed by atoms with Gasteiger partial charge in [0.1, 0.15) is 18.3 Å². The summed E-state index contributed by atoms with van der Waals surface area (Å²) in [5, 5.41) is 29.3. The molecule has 2 aromatic heterocycles. The molecule has 0 aromatic carbocycles. The predicted molar refractivity (Wildman–Crippen MR) is 72.0 cm³/mol. The fourth-order valence-corrected chi connectivity index (χ4v) is 2.56. The zero-order chi connectivity index (χ0) is 16.0. The number of H-pyrrole nitrogens is 1. The van der Waals surface area contributed by atoms with E-state index in [0.717, 1.165) is 4.57 Å². The van der Waals surface area contributed by atoms with Crippen molar-refractivity contribution >= 4 is 17.1 Å². The fourth-order valence-electron chi connectivity index (χ4n) is 2.56. The van der Waals surface area contributed by atoms with Gasteiger partial charge >= 0.3 is 0 Å². The molecule has 11 heteroatoms. The van der Waals surface area contributed by atoms with Gasteiger partial charge in [0, 0.05) is 7.11 Å². The number of nitrogens with zero attached hydrogens (tertiary/aromatic N) is 3. The van der Waals surface area contributed by atoms with Crippen LogP contribution < -0.4 is 11.3 Å². The molecule has 0 aliphatic carbocycles. The van der Waals surface area contributed by atoms with Crippen LogP contribution in [0.15, 0.2) is 4.79 Å². The molecule has 0 saturated carbocycles. The Bertz CT molecular complexity index is 757. The number of hydrogen-bond acceptors (Lipinski definition) is 9. The second-order valence-electron chi connectivity index (χ2n) is 4.84. The summed E-state index contributed by atoms with van der Waals surface area (Å²) < 4.78 is 11.7. The lowest BCUT2D eigenvalue weighted by Crippen LogP contribution is -2.34. The van der Waals surface area contributed by atoms with Gasteiger partial charge in [-0.15, -0.1) is 0 Å². The highest BCUT2D eigenvalue weighted by atomic mass is 16.6. The number of methoxy groups -OCH3 is 1. The Hall–Kier alpha value is -2.21. The van der Waals surface area contributed by atoms with Crippen molar-refractivity contribution in [2.45, 2.75) is 24.5 Å². The van der Waals surface area contributed by atoms with E-state index in [2.05, 4.69) is 15.0 Å². The first-order valence-corrected chi connectivity index (χ1v) is 6.41. The molecule has 2 aromatic rings. The zero-order valence-electron chi connectivity index (χ0n) is 11.5. The number of aromatic hydroxyl groups is 1. The van der Waals surface area contributed by atoms with E-state index in [1.54, 1.807) is 0 Å². The average molecular weight is 313 g/mol. The van der Waals surface area contributed by atoms with Crippen LogP contribution in [0.4, 0.5) is 5.95 Å². The number of fused-ring (bicyclic) bond motifs is 1. The Morgan fingerprint density at radius 3 is 2.86 bits per heavy atom. The maximum Gasteiger partial charge on any atom is 0.298 e. The Morgan fingerprint density at radius 2 is 2.23 bits per heavy atom. The maximum atomic E-state index is 11.8. The molecule has 1 aliphatic rings. The summed E-state index contributed by atoms with van der Waals surface area (Å²) in [6, 6.07) is -0.545. The number of hydrogen-bond donors (Lipinski definition) is 5. The van der Waals surface area contributed by atoms with E-state index in [-0.39, 0.29) is 17.1 Å². The molecule has 4 atom stereocenters. The van der Waals surface area contributed by atoms with Crippen LogP contribution >= 0.6 is 0 Å². The Morgan fingerprint density at radius 1 is 1.50 bits per heavy atom. The largest absolute Gasteiger partial charge is 0.480 e. The molecule has 0 radical (unpaired) electrons. The maximum absolute atomic E-state index is 11.8. The molecular weight excluding hydrogens is 298 g/mol. The number of nitrogens with two attached hydrogens (primary N) is 1. The van der Waals surface area contributed by atoms with Gasteiger partial charge in [0.25, 0.3) is 11.6 Å². The van der Waals surface area contributed by atoms with Crippen molar-refractivity contribution in [3.05, 3.63) is 10.4 Å². The van der Waals surface area contributed by atoms with Gasteiger partial charge < -0.3 is 30.5 Å². The van der Waals surface area contributed by atoms with Gasteiger partial charge in [-0.05, 0) is 0 Å². The van der Waals surface area contributed by atoms with Crippen LogP contribution in [0.3, 0.4) is 0 Å². The number of nitrogen functional groups attached to an aromatic ring is 1. The van der Waals surface area contributed by atoms with Crippen LogP contribution in [0.5, 0.6) is 6.01 Å². The summed E-state index contributed by atoms with van der Waals surface area (Å²) in [6.07, 6.45) is -3.97. The molecule has 22 heavy (non-hydrogen) atoms. The average Bonchev–Trinajstić information content (AvgIpc) is 2.95. The highest BCUT2D eigenvalue weighted by molar-refractivity contribution is 5.72. The van der Waals surface area contributed by atoms with Crippen molar-refractivity contribution in [1.29, 1.82) is 0 Å². The minimum atomic E-state index is -1.13. The summed E-state index contributed by atoms with van der Waals surface area (Å²) in [6.45, 7) is -0.443. The van der Waals surface area contributed by atoms with Crippen molar-refractivity contribution < 1.29 is 24.8 Å². The smallest absolute Gasteiger partial charge is 0.298 e. The molecule has 1 aliphatic heterocycles. The van der Waals surface area contributed by atoms with Crippen molar-refractivity contribution in [2.24, 2.45) is 0 Å². The molecule has 6 N–H and O–H groups in total. The first-order chi connectivity index (χ1) is 10.5. The second kappa shape index (κ2) is 5.21. The summed E-state index contributed by atoms with van der Waals surface area (Å²) in [7, 11) is 1.34. The van der Waals surface area contributed by atoms with Crippen LogP contribution in [0.2, 0.25) is 0 Å². The predicted octanol–water partition coefficient (Wildman–Crippen LogP) is -2.33. The number of imidazole rings is 1. The third kappa shape index (κ3) is 2.02. The van der Waals surface area contributed by atoms with E-state index in [1.165, 1.54) is 7.11 Å². The van der Waals surface area contributed by atoms with Gasteiger partial charge in [-0.3, -0.25) is 9.78 Å². The highest BCUT2D eigenvalue weighted by Crippen LogP contribution is 2.35. The number of anilines is 1. The van der Waals surface area contributed by atoms with Crippen molar-refractivity contribution in [1.82, 2.24) is 19.5 Å². The van der Waals surface area contributed by atoms with E-state index in [0.29, 0.717) is 0 Å². The first kappa shape index (κ1) is 14.7. The molecule has 1 fully saturated rings. The lowest BCUT2D eigenvalue weighted by Gasteiger charge is -2.20. The number of aromatic amines is 1. The van der Waals surface area contributed by atoms with Gasteiger partial charge in [-0.2, -0.15) is 9.97 Å². The van der Waals surface area contributed by atoms with Gasteiger partial charge in [-0.25, -0.2) is 4.57 Å². The van der Waals surface area contributed by atoms with Gasteiger partial charge in [-0.1, -0.05) is 0 Å². The molecule has 3 rings (SSSR count). The normalized spacial score (nSPS) is 28.5. The Labute approximate surface area is 122 Å². The van der Waals surface area contributed by atoms with Gasteiger partial charge in [0.15, 0.2) is 17.4 Å². The monoisotopic (exact) mass is 313 g/mol. The molecule has 11 nitrogen and oxygen atoms in total. The SMILES string of the molecule is CO[C@@H]1[C@H](O)[C@@H](CO)O[C@H]1n1c(O)nc2c(=O)[nH]c(N)nc21. The first-order valence-electron chi connectivity index (χ1n) is 6.41. The van der Waals surface area contributed by atoms with Crippen molar-refractivity contribution in [2.75, 3.05) is 19.5 Å². The zero-order valence-corrected chi connectivity index (χ0v) is 11.5. The molecule has 0 amide bonds. The van der Waals surface area contributed by atoms with Crippen LogP contribution in [0.25, 0.3) is 11.2 Å². The number of nitrogens with one attached hydrogen (secondary N) is 1. The van der Waals surface area contributed by atoms with E-state index < -0.39 is 42.7 Å². The van der Waals surface area contributed by atoms with E-state index in [1.807, 2.05) is 0 Å². The van der Waals surface area contributed by atoms with Gasteiger partial charge in [0.05, 0.1) is 6.61 Å². The van der Waals surface area contributed by atoms with Crippen LogP contribution in [0.1, 0.15) is 6.23 Å². The summed E-state index contributed by atoms with van der Waals surface area (Å²) in [5.41, 5.74) is 4.73. The molecular formula is C11H15N5O6. The minimum absolute atomic E-state index is 0.0170. The van der Waals surface area contributed by atoms with Crippen LogP contribution in [-0.4, -0.2) is 66.9 Å². The molecule has 0 bridgehead atoms. The molecule has 0 spiro atoms. The van der Waals surface area contributed by atoms with E-state index >= 15 is 0 Å². The molecule has 1 saturated heterocycles. The van der Waals surface area contributed by atoms with Crippen molar-refractivity contribution in [3.8, 4) is 6.01 Å². The third-order valence-corrected chi connectivity index (χ3v) is 3.57. The fraction of sp³-hybridized carbons (Fsp3) is 0.545. The number of aromatic nitrogens is 4. The molecule has 120 valence electrons. The molecule has 3 heterocycles. The number of rotatable bonds is 3. The summed E-state index contributed by atoms with van der Waals surface area (Å²) >= 11 is 0. The Kier molecular flexibility index (Phi) is 3.48. The third-order valence-electron chi connectivity index (χ3n) is 3.57. The quantitative estimate of drug-likeness (QED) is 0.417. The van der Waals surface area contributed by atoms with E-state index in [9.17, 15) is 20.1 Å². The Balaban J connectivity index is 2.17. The molecule has 0 unspecified atom stereocenters. The number of aliphatic hydroxyl groups is 2. The van der Waals surface area contributed by atoms with Crippen LogP contribution in [-0.2, 0) is 9.47 Å². The lowest BCUT2D eigenvalue weighted by molar-refractivity contribution is -0.0611. The topological polar surface area (TPSA) is 169 Å². The highest BCUT2D eigenvalue weighted by Gasteiger charge is 2.46. The van der Waals surface area contributed by atoms with Crippen LogP contribution in [0, 0.1) is 0 Å². The van der Waals surface area contributed by atoms with Crippen molar-refractivity contribution in [3.63, 3.8) is 0 Å². The second-order valence-corrected chi connectivity index (χ2v) is 4.84. The van der Waals surface area contributed by atoms with E-state index in [4.69, 9.17) is 15.2 Å². The lowest BCUT2D eigenvalue weighted by atomic mass is 10.1. The minimum Gasteiger partial charge on any atom is -0.480 e. The summed E-state index contributed by atoms with van der Waals surface area (Å²) in [5.74, 6) is -0.162. The van der Waals surface area contributed by atoms with Gasteiger partial charge in [0.2, 0.25) is 5.95 Å². The number of ether oxygens (including phenoxy) is 2. The standard InChI is InChI=1S/C11H15N5O6/c1-21-6-5(18)3(2-17)22-9(6)16-7-4(13-11(16)20)8(19)15-10(12)14-7/h3,5-6,9,17-18H,2H2,1H3,(H,13,20)(H3,12,14,15,19)/t3-,5-,6-,9-/m1/s1. The summed E-state index contributed by atoms with van der Waals surface area (Å²) in [4.78, 5) is 21.7.